The van der Waals surface area contributed by atoms with E-state index in [1.54, 1.807) is 18.5 Å². The van der Waals surface area contributed by atoms with Crippen LogP contribution < -0.4 is 0 Å². The van der Waals surface area contributed by atoms with Crippen molar-refractivity contribution in [3.63, 3.8) is 0 Å². The smallest absolute Gasteiger partial charge is 0.272 e. The van der Waals surface area contributed by atoms with Gasteiger partial charge in [0, 0.05) is 30.9 Å². The monoisotopic (exact) mass is 257 g/mol. The zero-order chi connectivity index (χ0) is 13.7. The Morgan fingerprint density at radius 1 is 1.16 bits per heavy atom. The van der Waals surface area contributed by atoms with Crippen LogP contribution in [0.5, 0.6) is 0 Å². The quantitative estimate of drug-likeness (QED) is 0.827. The Balaban J connectivity index is 2.29. The summed E-state index contributed by atoms with van der Waals surface area (Å²) in [6.45, 7) is 5.72. The van der Waals surface area contributed by atoms with E-state index in [0.29, 0.717) is 5.69 Å². The third kappa shape index (κ3) is 3.08. The van der Waals surface area contributed by atoms with Crippen LogP contribution in [-0.4, -0.2) is 33.9 Å². The SMILES string of the molecule is CCCN(CCC)C(=O)c1ccc2cnccc2n1. The van der Waals surface area contributed by atoms with Crippen molar-refractivity contribution < 1.29 is 4.79 Å². The minimum absolute atomic E-state index is 0.0161. The Hall–Kier alpha value is -1.97. The number of amides is 1. The molecule has 0 spiro atoms. The maximum atomic E-state index is 12.4. The molecule has 0 N–H and O–H groups in total. The van der Waals surface area contributed by atoms with E-state index in [9.17, 15) is 4.79 Å². The van der Waals surface area contributed by atoms with Gasteiger partial charge in [-0.15, -0.1) is 0 Å². The molecular formula is C15H19N3O. The second-order valence-electron chi connectivity index (χ2n) is 4.56. The zero-order valence-corrected chi connectivity index (χ0v) is 11.5. The molecule has 0 bridgehead atoms. The van der Waals surface area contributed by atoms with Gasteiger partial charge in [-0.05, 0) is 31.0 Å². The van der Waals surface area contributed by atoms with Crippen molar-refractivity contribution >= 4 is 16.8 Å². The highest BCUT2D eigenvalue weighted by Gasteiger charge is 2.15. The molecular weight excluding hydrogens is 238 g/mol. The Morgan fingerprint density at radius 2 is 1.89 bits per heavy atom. The van der Waals surface area contributed by atoms with Crippen molar-refractivity contribution in [2.45, 2.75) is 26.7 Å². The van der Waals surface area contributed by atoms with Crippen LogP contribution in [0.15, 0.2) is 30.6 Å². The fraction of sp³-hybridized carbons (Fsp3) is 0.400. The molecule has 0 fully saturated rings. The van der Waals surface area contributed by atoms with Gasteiger partial charge in [0.05, 0.1) is 5.52 Å². The lowest BCUT2D eigenvalue weighted by molar-refractivity contribution is 0.0750. The van der Waals surface area contributed by atoms with Crippen molar-refractivity contribution in [2.24, 2.45) is 0 Å². The predicted molar refractivity (Wildman–Crippen MR) is 76.0 cm³/mol. The van der Waals surface area contributed by atoms with Gasteiger partial charge in [-0.1, -0.05) is 13.8 Å². The predicted octanol–water partition coefficient (Wildman–Crippen LogP) is 2.89. The van der Waals surface area contributed by atoms with Crippen molar-refractivity contribution in [2.75, 3.05) is 13.1 Å². The van der Waals surface area contributed by atoms with Crippen molar-refractivity contribution in [3.05, 3.63) is 36.3 Å². The van der Waals surface area contributed by atoms with Crippen molar-refractivity contribution in [1.82, 2.24) is 14.9 Å². The molecule has 4 heteroatoms. The molecule has 0 unspecified atom stereocenters. The Kier molecular flexibility index (Phi) is 4.44. The molecule has 2 aromatic heterocycles. The molecule has 2 aromatic rings. The summed E-state index contributed by atoms with van der Waals surface area (Å²) in [6, 6.07) is 5.51. The molecule has 0 aliphatic heterocycles. The molecule has 0 aliphatic carbocycles. The number of nitrogens with zero attached hydrogens (tertiary/aromatic N) is 3. The van der Waals surface area contributed by atoms with E-state index in [2.05, 4.69) is 23.8 Å². The lowest BCUT2D eigenvalue weighted by Crippen LogP contribution is -2.33. The lowest BCUT2D eigenvalue weighted by Gasteiger charge is -2.21. The number of rotatable bonds is 5. The number of aromatic nitrogens is 2. The van der Waals surface area contributed by atoms with E-state index >= 15 is 0 Å². The summed E-state index contributed by atoms with van der Waals surface area (Å²) in [5, 5.41) is 0.955. The average Bonchev–Trinajstić information content (AvgIpc) is 2.46. The van der Waals surface area contributed by atoms with Gasteiger partial charge >= 0.3 is 0 Å². The first-order valence-corrected chi connectivity index (χ1v) is 6.76. The summed E-state index contributed by atoms with van der Waals surface area (Å²) in [5.74, 6) is 0.0161. The van der Waals surface area contributed by atoms with E-state index < -0.39 is 0 Å². The van der Waals surface area contributed by atoms with Gasteiger partial charge < -0.3 is 4.90 Å². The summed E-state index contributed by atoms with van der Waals surface area (Å²) in [4.78, 5) is 22.8. The van der Waals surface area contributed by atoms with Crippen molar-refractivity contribution in [1.29, 1.82) is 0 Å². The molecule has 0 saturated carbocycles. The van der Waals surface area contributed by atoms with Gasteiger partial charge in [0.25, 0.3) is 5.91 Å². The number of carbonyl (C=O) groups excluding carboxylic acids is 1. The summed E-state index contributed by atoms with van der Waals surface area (Å²) in [5.41, 5.74) is 1.33. The van der Waals surface area contributed by atoms with Crippen molar-refractivity contribution in [3.8, 4) is 0 Å². The van der Waals surface area contributed by atoms with Gasteiger partial charge in [-0.25, -0.2) is 4.98 Å². The molecule has 100 valence electrons. The van der Waals surface area contributed by atoms with Gasteiger partial charge in [0.2, 0.25) is 0 Å². The highest BCUT2D eigenvalue weighted by atomic mass is 16.2. The largest absolute Gasteiger partial charge is 0.337 e. The Morgan fingerprint density at radius 3 is 2.58 bits per heavy atom. The van der Waals surface area contributed by atoms with Gasteiger partial charge in [0.1, 0.15) is 5.69 Å². The molecule has 2 heterocycles. The van der Waals surface area contributed by atoms with Gasteiger partial charge in [-0.2, -0.15) is 0 Å². The first kappa shape index (κ1) is 13.5. The fourth-order valence-electron chi connectivity index (χ4n) is 2.10. The first-order valence-electron chi connectivity index (χ1n) is 6.76. The second kappa shape index (κ2) is 6.27. The minimum atomic E-state index is 0.0161. The highest BCUT2D eigenvalue weighted by molar-refractivity contribution is 5.94. The van der Waals surface area contributed by atoms with Crippen LogP contribution in [0, 0.1) is 0 Å². The summed E-state index contributed by atoms with van der Waals surface area (Å²) < 4.78 is 0. The molecule has 2 rings (SSSR count). The van der Waals surface area contributed by atoms with E-state index in [0.717, 1.165) is 36.8 Å². The van der Waals surface area contributed by atoms with Crippen LogP contribution in [0.3, 0.4) is 0 Å². The number of fused-ring (bicyclic) bond motifs is 1. The van der Waals surface area contributed by atoms with Crippen LogP contribution in [0.2, 0.25) is 0 Å². The first-order chi connectivity index (χ1) is 9.26. The summed E-state index contributed by atoms with van der Waals surface area (Å²) in [7, 11) is 0. The van der Waals surface area contributed by atoms with E-state index in [1.807, 2.05) is 17.0 Å². The number of hydrogen-bond donors (Lipinski definition) is 0. The molecule has 0 aliphatic rings. The zero-order valence-electron chi connectivity index (χ0n) is 11.5. The van der Waals surface area contributed by atoms with E-state index in [-0.39, 0.29) is 5.91 Å². The average molecular weight is 257 g/mol. The standard InChI is InChI=1S/C15H19N3O/c1-3-9-18(10-4-2)15(19)14-6-5-12-11-16-8-7-13(12)17-14/h5-8,11H,3-4,9-10H2,1-2H3. The van der Waals surface area contributed by atoms with Crippen LogP contribution in [0.25, 0.3) is 10.9 Å². The Bertz CT molecular complexity index is 562. The maximum absolute atomic E-state index is 12.4. The van der Waals surface area contributed by atoms with Crippen LogP contribution in [0.4, 0.5) is 0 Å². The lowest BCUT2D eigenvalue weighted by atomic mass is 10.2. The molecule has 4 nitrogen and oxygen atoms in total. The summed E-state index contributed by atoms with van der Waals surface area (Å²) >= 11 is 0. The minimum Gasteiger partial charge on any atom is -0.337 e. The Labute approximate surface area is 113 Å². The highest BCUT2D eigenvalue weighted by Crippen LogP contribution is 2.12. The molecule has 0 atom stereocenters. The van der Waals surface area contributed by atoms with Gasteiger partial charge in [0.15, 0.2) is 0 Å². The van der Waals surface area contributed by atoms with E-state index in [4.69, 9.17) is 0 Å². The van der Waals surface area contributed by atoms with Gasteiger partial charge in [-0.3, -0.25) is 9.78 Å². The topological polar surface area (TPSA) is 46.1 Å². The fourth-order valence-corrected chi connectivity index (χ4v) is 2.10. The summed E-state index contributed by atoms with van der Waals surface area (Å²) in [6.07, 6.45) is 5.37. The second-order valence-corrected chi connectivity index (χ2v) is 4.56. The molecule has 1 amide bonds. The molecule has 19 heavy (non-hydrogen) atoms. The maximum Gasteiger partial charge on any atom is 0.272 e. The number of hydrogen-bond acceptors (Lipinski definition) is 3. The third-order valence-electron chi connectivity index (χ3n) is 2.98. The van der Waals surface area contributed by atoms with Crippen LogP contribution in [0.1, 0.15) is 37.2 Å². The molecule has 0 radical (unpaired) electrons. The molecule has 0 saturated heterocycles. The van der Waals surface area contributed by atoms with Crippen LogP contribution in [-0.2, 0) is 0 Å². The number of pyridine rings is 2. The number of carbonyl (C=O) groups is 1. The normalized spacial score (nSPS) is 10.6. The third-order valence-corrected chi connectivity index (χ3v) is 2.98. The molecule has 0 aromatic carbocycles. The van der Waals surface area contributed by atoms with Crippen LogP contribution >= 0.6 is 0 Å². The van der Waals surface area contributed by atoms with E-state index in [1.165, 1.54) is 0 Å².